The third-order valence-corrected chi connectivity index (χ3v) is 13.4. The second-order valence-corrected chi connectivity index (χ2v) is 15.6. The first-order valence-corrected chi connectivity index (χ1v) is 18.2. The van der Waals surface area contributed by atoms with E-state index in [2.05, 4.69) is 83.5 Å². The van der Waals surface area contributed by atoms with Crippen molar-refractivity contribution in [3.05, 3.63) is 168 Å². The van der Waals surface area contributed by atoms with Crippen molar-refractivity contribution < 1.29 is 18.6 Å². The van der Waals surface area contributed by atoms with Crippen LogP contribution in [0, 0.1) is 0 Å². The van der Waals surface area contributed by atoms with Gasteiger partial charge in [-0.15, -0.1) is 0 Å². The minimum atomic E-state index is -3.66. The molecule has 0 bridgehead atoms. The first-order valence-electron chi connectivity index (χ1n) is 16.6. The largest absolute Gasteiger partial charge is 0.473 e. The van der Waals surface area contributed by atoms with Gasteiger partial charge in [-0.2, -0.15) is 0 Å². The Morgan fingerprint density at radius 3 is 1.53 bits per heavy atom. The van der Waals surface area contributed by atoms with E-state index in [1.807, 2.05) is 78.9 Å². The standard InChI is InChI=1S/C42H35N2O4P/c1-42(49(45)41-17-9-5-13-37(41)36-12-4-8-16-40(36)48-49,32-18-22-34(23-19-32)43-26-30-10-2-6-14-38(30)46-28-43)33-20-24-35(25-21-33)44-27-31-11-3-7-15-39(31)47-29-44/h2-25H,26-29H2,1H3. The molecular weight excluding hydrogens is 627 g/mol. The maximum Gasteiger partial charge on any atom is 0.292 e. The third kappa shape index (κ3) is 4.81. The van der Waals surface area contributed by atoms with Crippen molar-refractivity contribution in [3.63, 3.8) is 0 Å². The fourth-order valence-electron chi connectivity index (χ4n) is 7.43. The van der Waals surface area contributed by atoms with E-state index in [0.29, 0.717) is 19.2 Å². The van der Waals surface area contributed by atoms with Gasteiger partial charge in [0, 0.05) is 41.2 Å². The van der Waals surface area contributed by atoms with E-state index in [4.69, 9.17) is 14.0 Å². The molecule has 3 aliphatic rings. The molecule has 3 aliphatic heterocycles. The van der Waals surface area contributed by atoms with E-state index >= 15 is 4.57 Å². The summed E-state index contributed by atoms with van der Waals surface area (Å²) in [4.78, 5) is 4.42. The van der Waals surface area contributed by atoms with Gasteiger partial charge in [0.1, 0.15) is 22.4 Å². The Labute approximate surface area is 286 Å². The maximum atomic E-state index is 16.0. The summed E-state index contributed by atoms with van der Waals surface area (Å²) in [7, 11) is -3.66. The Morgan fingerprint density at radius 1 is 0.531 bits per heavy atom. The molecule has 0 N–H and O–H groups in total. The molecule has 1 unspecified atom stereocenters. The van der Waals surface area contributed by atoms with Crippen LogP contribution in [0.3, 0.4) is 0 Å². The van der Waals surface area contributed by atoms with E-state index in [-0.39, 0.29) is 0 Å². The van der Waals surface area contributed by atoms with Gasteiger partial charge >= 0.3 is 0 Å². The molecule has 6 aromatic carbocycles. The summed E-state index contributed by atoms with van der Waals surface area (Å²) in [5.74, 6) is 2.49. The Hall–Kier alpha value is -5.45. The van der Waals surface area contributed by atoms with Gasteiger partial charge in [0.2, 0.25) is 0 Å². The zero-order valence-electron chi connectivity index (χ0n) is 27.2. The topological polar surface area (TPSA) is 51.2 Å². The van der Waals surface area contributed by atoms with Gasteiger partial charge in [-0.1, -0.05) is 97.1 Å². The molecule has 6 aromatic rings. The molecule has 242 valence electrons. The van der Waals surface area contributed by atoms with Gasteiger partial charge < -0.3 is 23.8 Å². The van der Waals surface area contributed by atoms with Gasteiger partial charge in [-0.05, 0) is 72.1 Å². The van der Waals surface area contributed by atoms with Crippen molar-refractivity contribution in [3.8, 4) is 28.4 Å². The Kier molecular flexibility index (Phi) is 7.03. The van der Waals surface area contributed by atoms with Gasteiger partial charge in [0.05, 0.1) is 5.30 Å². The normalized spacial score (nSPS) is 17.7. The van der Waals surface area contributed by atoms with Crippen molar-refractivity contribution in [2.24, 2.45) is 0 Å². The molecule has 6 nitrogen and oxygen atoms in total. The fraction of sp³-hybridized carbons (Fsp3) is 0.143. The first kappa shape index (κ1) is 29.7. The van der Waals surface area contributed by atoms with E-state index < -0.39 is 12.5 Å². The molecule has 9 rings (SSSR count). The highest BCUT2D eigenvalue weighted by Gasteiger charge is 2.53. The maximum absolute atomic E-state index is 16.0. The van der Waals surface area contributed by atoms with Crippen LogP contribution in [0.1, 0.15) is 29.2 Å². The number of benzene rings is 6. The average molecular weight is 663 g/mol. The molecule has 3 heterocycles. The number of anilines is 2. The number of hydrogen-bond acceptors (Lipinski definition) is 6. The summed E-state index contributed by atoms with van der Waals surface area (Å²) < 4.78 is 34.9. The van der Waals surface area contributed by atoms with Crippen molar-refractivity contribution in [2.75, 3.05) is 23.3 Å². The van der Waals surface area contributed by atoms with E-state index in [9.17, 15) is 0 Å². The molecule has 0 aromatic heterocycles. The molecule has 0 saturated carbocycles. The van der Waals surface area contributed by atoms with Crippen molar-refractivity contribution in [2.45, 2.75) is 25.2 Å². The van der Waals surface area contributed by atoms with Crippen molar-refractivity contribution in [1.29, 1.82) is 0 Å². The summed E-state index contributed by atoms with van der Waals surface area (Å²) in [6, 6.07) is 49.1. The quantitative estimate of drug-likeness (QED) is 0.172. The second kappa shape index (κ2) is 11.6. The van der Waals surface area contributed by atoms with E-state index in [0.717, 1.165) is 74.6 Å². The van der Waals surface area contributed by atoms with Crippen LogP contribution in [0.2, 0.25) is 0 Å². The zero-order valence-corrected chi connectivity index (χ0v) is 28.1. The Morgan fingerprint density at radius 2 is 0.980 bits per heavy atom. The van der Waals surface area contributed by atoms with Crippen molar-refractivity contribution >= 4 is 24.0 Å². The molecule has 49 heavy (non-hydrogen) atoms. The molecule has 0 radical (unpaired) electrons. The number of fused-ring (bicyclic) bond motifs is 5. The minimum Gasteiger partial charge on any atom is -0.473 e. The van der Waals surface area contributed by atoms with Gasteiger partial charge in [0.25, 0.3) is 7.37 Å². The number of para-hydroxylation sites is 3. The minimum absolute atomic E-state index is 0.464. The number of ether oxygens (including phenoxy) is 2. The van der Waals surface area contributed by atoms with Crippen LogP contribution in [0.5, 0.6) is 17.2 Å². The first-order chi connectivity index (χ1) is 24.0. The van der Waals surface area contributed by atoms with Crippen LogP contribution in [0.15, 0.2) is 146 Å². The number of nitrogens with zero attached hydrogens (tertiary/aromatic N) is 2. The molecular formula is C42H35N2O4P. The van der Waals surface area contributed by atoms with Gasteiger partial charge in [-0.3, -0.25) is 4.57 Å². The monoisotopic (exact) mass is 662 g/mol. The summed E-state index contributed by atoms with van der Waals surface area (Å²) >= 11 is 0. The Bertz CT molecular complexity index is 2130. The smallest absolute Gasteiger partial charge is 0.292 e. The summed E-state index contributed by atoms with van der Waals surface area (Å²) in [6.45, 7) is 4.51. The SMILES string of the molecule is CC(c1ccc(N2COc3ccccc3C2)cc1)(c1ccc(N2COc3ccccc3C2)cc1)P1(=O)Oc2ccccc2-c2ccccc21. The number of rotatable bonds is 5. The predicted octanol–water partition coefficient (Wildman–Crippen LogP) is 9.33. The number of hydrogen-bond donors (Lipinski definition) is 0. The van der Waals surface area contributed by atoms with Gasteiger partial charge in [0.15, 0.2) is 13.5 Å². The summed E-state index contributed by atoms with van der Waals surface area (Å²) in [6.07, 6.45) is 0. The average Bonchev–Trinajstić information content (AvgIpc) is 3.17. The van der Waals surface area contributed by atoms with E-state index in [1.165, 1.54) is 0 Å². The molecule has 0 amide bonds. The fourth-order valence-corrected chi connectivity index (χ4v) is 10.4. The molecule has 0 spiro atoms. The van der Waals surface area contributed by atoms with Crippen LogP contribution in [0.25, 0.3) is 11.1 Å². The van der Waals surface area contributed by atoms with Crippen LogP contribution in [-0.2, 0) is 22.8 Å². The summed E-state index contributed by atoms with van der Waals surface area (Å²) in [5.41, 5.74) is 8.10. The van der Waals surface area contributed by atoms with Gasteiger partial charge in [-0.25, -0.2) is 0 Å². The lowest BCUT2D eigenvalue weighted by atomic mass is 9.91. The second-order valence-electron chi connectivity index (χ2n) is 13.0. The molecule has 1 atom stereocenters. The summed E-state index contributed by atoms with van der Waals surface area (Å²) in [5, 5.41) is -0.296. The van der Waals surface area contributed by atoms with Crippen LogP contribution >= 0.6 is 7.37 Å². The molecule has 0 fully saturated rings. The van der Waals surface area contributed by atoms with Crippen LogP contribution < -0.4 is 29.1 Å². The molecule has 0 aliphatic carbocycles. The lowest BCUT2D eigenvalue weighted by Gasteiger charge is -2.42. The lowest BCUT2D eigenvalue weighted by Crippen LogP contribution is -2.35. The molecule has 7 heteroatoms. The Balaban J connectivity index is 1.13. The molecule has 0 saturated heterocycles. The van der Waals surface area contributed by atoms with Crippen LogP contribution in [-0.4, -0.2) is 13.5 Å². The van der Waals surface area contributed by atoms with Crippen molar-refractivity contribution in [1.82, 2.24) is 0 Å². The van der Waals surface area contributed by atoms with Crippen LogP contribution in [0.4, 0.5) is 11.4 Å². The predicted molar refractivity (Wildman–Crippen MR) is 195 cm³/mol. The lowest BCUT2D eigenvalue weighted by molar-refractivity contribution is 0.289. The zero-order chi connectivity index (χ0) is 33.0. The highest BCUT2D eigenvalue weighted by Crippen LogP contribution is 2.69. The highest BCUT2D eigenvalue weighted by atomic mass is 31.2. The highest BCUT2D eigenvalue weighted by molar-refractivity contribution is 7.69. The third-order valence-electron chi connectivity index (χ3n) is 10.2. The van der Waals surface area contributed by atoms with E-state index in [1.54, 1.807) is 0 Å².